The molecule has 0 fully saturated rings. The van der Waals surface area contributed by atoms with Gasteiger partial charge in [0, 0.05) is 6.07 Å². The Morgan fingerprint density at radius 3 is 2.59 bits per heavy atom. The van der Waals surface area contributed by atoms with Crippen LogP contribution in [-0.4, -0.2) is 23.9 Å². The Labute approximate surface area is 99.4 Å². The van der Waals surface area contributed by atoms with Gasteiger partial charge in [0.1, 0.15) is 17.1 Å². The van der Waals surface area contributed by atoms with E-state index in [-0.39, 0.29) is 11.3 Å². The van der Waals surface area contributed by atoms with E-state index in [0.717, 1.165) is 0 Å². The van der Waals surface area contributed by atoms with E-state index in [4.69, 9.17) is 21.2 Å². The first-order valence-electron chi connectivity index (χ1n) is 4.88. The van der Waals surface area contributed by atoms with Gasteiger partial charge in [0.25, 0.3) is 0 Å². The number of carboxylic acids is 1. The Bertz CT molecular complexity index is 474. The summed E-state index contributed by atoms with van der Waals surface area (Å²) in [6.07, 6.45) is 0. The molecular formula is C12H13NO4. The van der Waals surface area contributed by atoms with Gasteiger partial charge in [-0.25, -0.2) is 11.4 Å². The third-order valence-corrected chi connectivity index (χ3v) is 2.04. The number of rotatable bonds is 4. The van der Waals surface area contributed by atoms with Crippen LogP contribution in [-0.2, 0) is 0 Å². The van der Waals surface area contributed by atoms with Gasteiger partial charge < -0.3 is 14.6 Å². The molecule has 0 aliphatic heterocycles. The van der Waals surface area contributed by atoms with Gasteiger partial charge in [-0.15, -0.1) is 0 Å². The molecule has 0 spiro atoms. The first-order chi connectivity index (χ1) is 7.89. The molecule has 0 saturated carbocycles. The number of hydrogen-bond donors (Lipinski definition) is 1. The van der Waals surface area contributed by atoms with Crippen molar-refractivity contribution in [1.29, 1.82) is 0 Å². The molecule has 0 amide bonds. The topological polar surface area (TPSA) is 60.1 Å². The molecule has 5 nitrogen and oxygen atoms in total. The summed E-state index contributed by atoms with van der Waals surface area (Å²) in [6.45, 7) is 10.2. The molecule has 0 unspecified atom stereocenters. The summed E-state index contributed by atoms with van der Waals surface area (Å²) in [4.78, 5) is 14.2. The summed E-state index contributed by atoms with van der Waals surface area (Å²) in [5, 5.41) is 8.90. The fourth-order valence-electron chi connectivity index (χ4n) is 1.22. The average molecular weight is 235 g/mol. The molecule has 0 radical (unpaired) electrons. The lowest BCUT2D eigenvalue weighted by molar-refractivity contribution is 0.0693. The average Bonchev–Trinajstić information content (AvgIpc) is 2.28. The van der Waals surface area contributed by atoms with E-state index < -0.39 is 11.7 Å². The Balaban J connectivity index is 3.07. The maximum atomic E-state index is 10.9. The van der Waals surface area contributed by atoms with Crippen molar-refractivity contribution in [1.82, 2.24) is 0 Å². The van der Waals surface area contributed by atoms with Gasteiger partial charge in [-0.05, 0) is 12.1 Å². The minimum Gasteiger partial charge on any atom is -0.496 e. The first kappa shape index (κ1) is 12.8. The molecule has 5 heteroatoms. The van der Waals surface area contributed by atoms with Gasteiger partial charge in [0.15, 0.2) is 0 Å². The maximum Gasteiger partial charge on any atom is 0.369 e. The molecule has 0 aliphatic rings. The van der Waals surface area contributed by atoms with Gasteiger partial charge in [-0.3, -0.25) is 4.85 Å². The predicted octanol–water partition coefficient (Wildman–Crippen LogP) is 2.43. The third kappa shape index (κ3) is 3.11. The van der Waals surface area contributed by atoms with E-state index in [9.17, 15) is 4.79 Å². The van der Waals surface area contributed by atoms with Crippen LogP contribution in [0, 0.1) is 6.57 Å². The lowest BCUT2D eigenvalue weighted by atomic mass is 10.2. The quantitative estimate of drug-likeness (QED) is 0.814. The minimum absolute atomic E-state index is 0.0560. The fraction of sp³-hybridized carbons (Fsp3) is 0.333. The highest BCUT2D eigenvalue weighted by Gasteiger charge is 2.25. The first-order valence-corrected chi connectivity index (χ1v) is 4.88. The molecule has 1 rings (SSSR count). The molecule has 0 heterocycles. The van der Waals surface area contributed by atoms with Crippen LogP contribution in [0.15, 0.2) is 18.2 Å². The summed E-state index contributed by atoms with van der Waals surface area (Å²) in [6, 6.07) is 4.34. The highest BCUT2D eigenvalue weighted by molar-refractivity contribution is 5.91. The second kappa shape index (κ2) is 4.74. The standard InChI is InChI=1S/C12H13NO4/c1-12(2,13-3)17-8-5-6-9(11(14)15)10(7-8)16-4/h5-7H,1-2,4H3,(H,14,15). The van der Waals surface area contributed by atoms with Crippen LogP contribution in [0.25, 0.3) is 4.85 Å². The molecule has 0 bridgehead atoms. The van der Waals surface area contributed by atoms with Crippen molar-refractivity contribution in [3.8, 4) is 11.5 Å². The zero-order valence-corrected chi connectivity index (χ0v) is 9.85. The Hall–Kier alpha value is -2.22. The Morgan fingerprint density at radius 1 is 1.47 bits per heavy atom. The van der Waals surface area contributed by atoms with Crippen LogP contribution in [0.5, 0.6) is 11.5 Å². The van der Waals surface area contributed by atoms with Gasteiger partial charge >= 0.3 is 11.7 Å². The summed E-state index contributed by atoms with van der Waals surface area (Å²) in [5.41, 5.74) is -0.934. The van der Waals surface area contributed by atoms with Gasteiger partial charge in [-0.1, -0.05) is 0 Å². The van der Waals surface area contributed by atoms with E-state index in [1.165, 1.54) is 25.3 Å². The molecule has 0 saturated heterocycles. The van der Waals surface area contributed by atoms with E-state index in [1.54, 1.807) is 13.8 Å². The second-order valence-electron chi connectivity index (χ2n) is 3.83. The summed E-state index contributed by atoms with van der Waals surface area (Å²) in [5.74, 6) is -0.471. The normalized spacial score (nSPS) is 10.5. The fourth-order valence-corrected chi connectivity index (χ4v) is 1.22. The number of ether oxygens (including phenoxy) is 2. The number of benzene rings is 1. The molecule has 0 atom stereocenters. The molecule has 1 N–H and O–H groups in total. The number of carboxylic acid groups (broad SMARTS) is 1. The summed E-state index contributed by atoms with van der Waals surface area (Å²) in [7, 11) is 1.38. The van der Waals surface area contributed by atoms with Crippen LogP contribution >= 0.6 is 0 Å². The molecule has 1 aromatic rings. The van der Waals surface area contributed by atoms with Crippen molar-refractivity contribution in [2.75, 3.05) is 7.11 Å². The highest BCUT2D eigenvalue weighted by Crippen LogP contribution is 2.27. The van der Waals surface area contributed by atoms with Crippen molar-refractivity contribution in [2.45, 2.75) is 19.6 Å². The third-order valence-electron chi connectivity index (χ3n) is 2.04. The Morgan fingerprint density at radius 2 is 2.12 bits per heavy atom. The lowest BCUT2D eigenvalue weighted by Gasteiger charge is -2.15. The van der Waals surface area contributed by atoms with E-state index in [0.29, 0.717) is 5.75 Å². The molecule has 0 aliphatic carbocycles. The number of nitrogens with zero attached hydrogens (tertiary/aromatic N) is 1. The van der Waals surface area contributed by atoms with E-state index in [2.05, 4.69) is 4.85 Å². The predicted molar refractivity (Wildman–Crippen MR) is 61.3 cm³/mol. The number of carbonyl (C=O) groups is 1. The monoisotopic (exact) mass is 235 g/mol. The van der Waals surface area contributed by atoms with Crippen LogP contribution < -0.4 is 9.47 Å². The highest BCUT2D eigenvalue weighted by atomic mass is 16.5. The molecule has 17 heavy (non-hydrogen) atoms. The minimum atomic E-state index is -1.07. The molecule has 0 aromatic heterocycles. The van der Waals surface area contributed by atoms with Crippen molar-refractivity contribution in [3.63, 3.8) is 0 Å². The number of hydrogen-bond acceptors (Lipinski definition) is 3. The van der Waals surface area contributed by atoms with Crippen molar-refractivity contribution < 1.29 is 19.4 Å². The maximum absolute atomic E-state index is 10.9. The van der Waals surface area contributed by atoms with Crippen molar-refractivity contribution in [2.24, 2.45) is 0 Å². The zero-order chi connectivity index (χ0) is 13.1. The largest absolute Gasteiger partial charge is 0.496 e. The van der Waals surface area contributed by atoms with E-state index >= 15 is 0 Å². The van der Waals surface area contributed by atoms with Gasteiger partial charge in [-0.2, -0.15) is 0 Å². The lowest BCUT2D eigenvalue weighted by Crippen LogP contribution is -2.23. The van der Waals surface area contributed by atoms with Crippen LogP contribution in [0.2, 0.25) is 0 Å². The second-order valence-corrected chi connectivity index (χ2v) is 3.83. The number of aromatic carboxylic acids is 1. The molecule has 1 aromatic carbocycles. The van der Waals surface area contributed by atoms with Crippen LogP contribution in [0.4, 0.5) is 0 Å². The van der Waals surface area contributed by atoms with Gasteiger partial charge in [0.05, 0.1) is 21.0 Å². The summed E-state index contributed by atoms with van der Waals surface area (Å²) >= 11 is 0. The summed E-state index contributed by atoms with van der Waals surface area (Å²) < 4.78 is 10.4. The van der Waals surface area contributed by atoms with Gasteiger partial charge in [0.2, 0.25) is 0 Å². The number of methoxy groups -OCH3 is 1. The Kier molecular flexibility index (Phi) is 3.59. The SMILES string of the molecule is [C-]#[N+]C(C)(C)Oc1ccc(C(=O)O)c(OC)c1. The van der Waals surface area contributed by atoms with Crippen LogP contribution in [0.3, 0.4) is 0 Å². The molecular weight excluding hydrogens is 222 g/mol. The van der Waals surface area contributed by atoms with Crippen molar-refractivity contribution >= 4 is 5.97 Å². The zero-order valence-electron chi connectivity index (χ0n) is 9.85. The van der Waals surface area contributed by atoms with E-state index in [1.807, 2.05) is 0 Å². The molecule has 90 valence electrons. The smallest absolute Gasteiger partial charge is 0.369 e. The van der Waals surface area contributed by atoms with Crippen molar-refractivity contribution in [3.05, 3.63) is 35.2 Å². The van der Waals surface area contributed by atoms with Crippen LogP contribution in [0.1, 0.15) is 24.2 Å².